The Bertz CT molecular complexity index is 193. The molecule has 1 N–H and O–H groups in total. The fraction of sp³-hybridized carbons (Fsp3) is 0.143. The summed E-state index contributed by atoms with van der Waals surface area (Å²) in [6, 6.07) is 0. The molecule has 0 amide bonds. The highest BCUT2D eigenvalue weighted by Gasteiger charge is 2.01. The first-order valence-electron chi connectivity index (χ1n) is 2.68. The second-order valence-electron chi connectivity index (χ2n) is 1.73. The van der Waals surface area contributed by atoms with Gasteiger partial charge in [0, 0.05) is 12.2 Å². The van der Waals surface area contributed by atoms with E-state index in [0.29, 0.717) is 5.71 Å². The monoisotopic (exact) mass is 138 g/mol. The topological polar surface area (TPSA) is 23.9 Å². The average molecular weight is 138 g/mol. The van der Waals surface area contributed by atoms with Gasteiger partial charge in [-0.2, -0.15) is 0 Å². The van der Waals surface area contributed by atoms with E-state index in [1.807, 2.05) is 18.4 Å². The first-order chi connectivity index (χ1) is 4.33. The van der Waals surface area contributed by atoms with Crippen molar-refractivity contribution in [2.45, 2.75) is 0 Å². The van der Waals surface area contributed by atoms with Crippen molar-refractivity contribution in [1.29, 1.82) is 5.41 Å². The van der Waals surface area contributed by atoms with Crippen LogP contribution in [0.15, 0.2) is 24.3 Å². The molecule has 0 unspecified atom stereocenters. The van der Waals surface area contributed by atoms with Gasteiger partial charge in [0.25, 0.3) is 0 Å². The number of hydrogen-bond acceptors (Lipinski definition) is 1. The second-order valence-corrected chi connectivity index (χ2v) is 2.61. The van der Waals surface area contributed by atoms with E-state index in [-0.39, 0.29) is 0 Å². The number of allylic oxidation sites excluding steroid dienone is 4. The molecule has 0 fully saturated rings. The molecule has 0 atom stereocenters. The molecule has 0 heterocycles. The molecule has 1 nitrogen and oxygen atoms in total. The Morgan fingerprint density at radius 3 is 2.22 bits per heavy atom. The maximum atomic E-state index is 7.16. The van der Waals surface area contributed by atoms with Crippen LogP contribution in [0.5, 0.6) is 0 Å². The number of hydrogen-bond donors (Lipinski definition) is 1. The molecule has 1 aliphatic carbocycles. The third-order valence-electron chi connectivity index (χ3n) is 1.09. The van der Waals surface area contributed by atoms with Gasteiger partial charge in [-0.15, -0.1) is 0 Å². The minimum Gasteiger partial charge on any atom is -0.301 e. The third kappa shape index (κ3) is 1.57. The molecule has 0 saturated heterocycles. The summed E-state index contributed by atoms with van der Waals surface area (Å²) >= 11 is 1.69. The maximum Gasteiger partial charge on any atom is 0.224 e. The van der Waals surface area contributed by atoms with Crippen LogP contribution in [-0.2, 0) is 11.4 Å². The summed E-state index contributed by atoms with van der Waals surface area (Å²) in [5.74, 6) is 0. The fourth-order valence-electron chi connectivity index (χ4n) is 0.591. The van der Waals surface area contributed by atoms with Crippen LogP contribution in [0.4, 0.5) is 0 Å². The van der Waals surface area contributed by atoms with E-state index in [1.54, 1.807) is 23.5 Å². The van der Waals surface area contributed by atoms with E-state index in [0.717, 1.165) is 0 Å². The molecular weight excluding hydrogens is 130 g/mol. The van der Waals surface area contributed by atoms with E-state index in [1.165, 1.54) is 4.86 Å². The van der Waals surface area contributed by atoms with Crippen LogP contribution in [0, 0.1) is 5.41 Å². The molecule has 1 aliphatic rings. The Labute approximate surface area is 58.6 Å². The summed E-state index contributed by atoms with van der Waals surface area (Å²) in [6.45, 7) is 0. The van der Waals surface area contributed by atoms with Crippen molar-refractivity contribution in [2.75, 3.05) is 6.26 Å². The molecule has 2 heteroatoms. The van der Waals surface area contributed by atoms with Crippen LogP contribution < -0.4 is 0 Å². The summed E-state index contributed by atoms with van der Waals surface area (Å²) in [7, 11) is 0. The van der Waals surface area contributed by atoms with Gasteiger partial charge in [-0.25, -0.2) is 0 Å². The molecule has 0 radical (unpaired) electrons. The molecule has 0 aromatic heterocycles. The minimum absolute atomic E-state index is 0.577. The summed E-state index contributed by atoms with van der Waals surface area (Å²) in [5.41, 5.74) is 0.577. The first kappa shape index (κ1) is 6.36. The van der Waals surface area contributed by atoms with Crippen molar-refractivity contribution in [3.63, 3.8) is 0 Å². The van der Waals surface area contributed by atoms with Gasteiger partial charge < -0.3 is 5.41 Å². The molecule has 0 spiro atoms. The lowest BCUT2D eigenvalue weighted by molar-refractivity contribution is 1.53. The van der Waals surface area contributed by atoms with Crippen LogP contribution in [-0.4, -0.2) is 16.8 Å². The summed E-state index contributed by atoms with van der Waals surface area (Å²) in [5, 5.41) is 7.16. The molecule has 46 valence electrons. The average Bonchev–Trinajstić information content (AvgIpc) is 1.90. The predicted molar refractivity (Wildman–Crippen MR) is 44.3 cm³/mol. The predicted octanol–water partition coefficient (Wildman–Crippen LogP) is 1.02. The smallest absolute Gasteiger partial charge is 0.224 e. The van der Waals surface area contributed by atoms with Gasteiger partial charge in [-0.3, -0.25) is 0 Å². The summed E-state index contributed by atoms with van der Waals surface area (Å²) in [6.07, 6.45) is 9.52. The highest BCUT2D eigenvalue weighted by atomic mass is 32.1. The Hall–Kier alpha value is -0.760. The first-order valence-corrected chi connectivity index (χ1v) is 3.91. The maximum absolute atomic E-state index is 7.16. The quantitative estimate of drug-likeness (QED) is 0.382. The molecule has 0 saturated carbocycles. The molecule has 0 aromatic rings. The second kappa shape index (κ2) is 2.69. The van der Waals surface area contributed by atoms with Gasteiger partial charge in [0.1, 0.15) is 0 Å². The van der Waals surface area contributed by atoms with E-state index >= 15 is 0 Å². The number of nitrogens with one attached hydrogen (secondary N) is 1. The van der Waals surface area contributed by atoms with Crippen molar-refractivity contribution in [3.05, 3.63) is 24.3 Å². The number of rotatable bonds is 0. The Balaban J connectivity index is 2.82. The molecule has 0 bridgehead atoms. The summed E-state index contributed by atoms with van der Waals surface area (Å²) < 4.78 is 0. The largest absolute Gasteiger partial charge is 0.301 e. The Kier molecular flexibility index (Phi) is 1.90. The van der Waals surface area contributed by atoms with Crippen LogP contribution in [0.3, 0.4) is 0 Å². The van der Waals surface area contributed by atoms with Crippen LogP contribution >= 0.6 is 0 Å². The van der Waals surface area contributed by atoms with Gasteiger partial charge in [-0.05, 0) is 12.2 Å². The highest BCUT2D eigenvalue weighted by Crippen LogP contribution is 1.93. The van der Waals surface area contributed by atoms with Crippen molar-refractivity contribution in [2.24, 2.45) is 0 Å². The van der Waals surface area contributed by atoms with Crippen molar-refractivity contribution < 1.29 is 0 Å². The molecule has 0 aromatic carbocycles. The van der Waals surface area contributed by atoms with Gasteiger partial charge in [-0.1, -0.05) is 0 Å². The van der Waals surface area contributed by atoms with Gasteiger partial charge in [0.05, 0.1) is 5.71 Å². The van der Waals surface area contributed by atoms with Crippen molar-refractivity contribution in [3.8, 4) is 0 Å². The van der Waals surface area contributed by atoms with Crippen molar-refractivity contribution >= 4 is 21.9 Å². The zero-order valence-corrected chi connectivity index (χ0v) is 6.03. The lowest BCUT2D eigenvalue weighted by Crippen LogP contribution is -1.98. The lowest BCUT2D eigenvalue weighted by atomic mass is 10.2. The summed E-state index contributed by atoms with van der Waals surface area (Å²) in [4.78, 5) is 1.21. The molecule has 1 rings (SSSR count). The lowest BCUT2D eigenvalue weighted by Gasteiger charge is -1.89. The molecule has 0 aliphatic heterocycles. The van der Waals surface area contributed by atoms with Crippen molar-refractivity contribution in [1.82, 2.24) is 0 Å². The van der Waals surface area contributed by atoms with Gasteiger partial charge in [0.15, 0.2) is 17.6 Å². The fourth-order valence-corrected chi connectivity index (χ4v) is 0.999. The third-order valence-corrected chi connectivity index (χ3v) is 1.83. The van der Waals surface area contributed by atoms with E-state index in [9.17, 15) is 0 Å². The zero-order valence-electron chi connectivity index (χ0n) is 5.22. The van der Waals surface area contributed by atoms with E-state index in [2.05, 4.69) is 0 Å². The Morgan fingerprint density at radius 2 is 1.78 bits per heavy atom. The standard InChI is InChI=1S/C7H8NS/c1-9-7-4-2-6(8)3-5-7/h2-5,8H,1H3/q+1. The van der Waals surface area contributed by atoms with E-state index in [4.69, 9.17) is 5.41 Å². The molecular formula is C7H8NS+. The van der Waals surface area contributed by atoms with Gasteiger partial charge in [0.2, 0.25) is 4.86 Å². The normalized spacial score (nSPS) is 16.6. The SMILES string of the molecule is C[S+]=C1C=CC(=N)C=C1. The minimum atomic E-state index is 0.577. The Morgan fingerprint density at radius 1 is 1.22 bits per heavy atom. The molecule has 9 heavy (non-hydrogen) atoms. The van der Waals surface area contributed by atoms with Crippen LogP contribution in [0.25, 0.3) is 0 Å². The highest BCUT2D eigenvalue weighted by molar-refractivity contribution is 7.78. The van der Waals surface area contributed by atoms with Crippen LogP contribution in [0.1, 0.15) is 0 Å². The zero-order chi connectivity index (χ0) is 6.69. The van der Waals surface area contributed by atoms with E-state index < -0.39 is 0 Å². The van der Waals surface area contributed by atoms with Gasteiger partial charge >= 0.3 is 0 Å². The van der Waals surface area contributed by atoms with Crippen LogP contribution in [0.2, 0.25) is 0 Å².